The van der Waals surface area contributed by atoms with Crippen molar-refractivity contribution in [3.8, 4) is 0 Å². The standard InChI is InChI=1S/C15H15ClFNO2S/c1-10(2)12-5-3-4-6-15(12)18-21(19,20)11-7-8-14(17)13(16)9-11/h3-10,18H,1-2H3. The highest BCUT2D eigenvalue weighted by molar-refractivity contribution is 7.92. The number of hydrogen-bond acceptors (Lipinski definition) is 2. The lowest BCUT2D eigenvalue weighted by molar-refractivity contribution is 0.599. The molecule has 0 spiro atoms. The number of nitrogens with one attached hydrogen (secondary N) is 1. The summed E-state index contributed by atoms with van der Waals surface area (Å²) in [7, 11) is -3.81. The molecule has 0 saturated heterocycles. The van der Waals surface area contributed by atoms with E-state index in [1.54, 1.807) is 12.1 Å². The molecule has 0 amide bonds. The maximum absolute atomic E-state index is 13.1. The molecule has 21 heavy (non-hydrogen) atoms. The Balaban J connectivity index is 2.40. The second-order valence-corrected chi connectivity index (χ2v) is 7.01. The Hall–Kier alpha value is -1.59. The fourth-order valence-corrected chi connectivity index (χ4v) is 3.30. The first-order valence-corrected chi connectivity index (χ1v) is 8.24. The summed E-state index contributed by atoms with van der Waals surface area (Å²) < 4.78 is 40.4. The average molecular weight is 328 g/mol. The van der Waals surface area contributed by atoms with Crippen molar-refractivity contribution in [3.05, 3.63) is 58.9 Å². The molecule has 1 N–H and O–H groups in total. The Morgan fingerprint density at radius 2 is 1.81 bits per heavy atom. The highest BCUT2D eigenvalue weighted by Crippen LogP contribution is 2.27. The zero-order valence-electron chi connectivity index (χ0n) is 11.6. The van der Waals surface area contributed by atoms with E-state index in [4.69, 9.17) is 11.6 Å². The predicted octanol–water partition coefficient (Wildman–Crippen LogP) is 4.40. The van der Waals surface area contributed by atoms with Gasteiger partial charge in [-0.1, -0.05) is 43.6 Å². The molecule has 0 atom stereocenters. The number of rotatable bonds is 4. The van der Waals surface area contributed by atoms with Gasteiger partial charge in [-0.2, -0.15) is 0 Å². The van der Waals surface area contributed by atoms with Crippen molar-refractivity contribution in [3.63, 3.8) is 0 Å². The Morgan fingerprint density at radius 3 is 2.43 bits per heavy atom. The highest BCUT2D eigenvalue weighted by atomic mass is 35.5. The molecule has 0 fully saturated rings. The molecule has 0 saturated carbocycles. The fraction of sp³-hybridized carbons (Fsp3) is 0.200. The second-order valence-electron chi connectivity index (χ2n) is 4.92. The SMILES string of the molecule is CC(C)c1ccccc1NS(=O)(=O)c1ccc(F)c(Cl)c1. The molecule has 6 heteroatoms. The van der Waals surface area contributed by atoms with Gasteiger partial charge < -0.3 is 0 Å². The smallest absolute Gasteiger partial charge is 0.261 e. The molecule has 0 aliphatic heterocycles. The zero-order valence-corrected chi connectivity index (χ0v) is 13.2. The van der Waals surface area contributed by atoms with Gasteiger partial charge in [-0.05, 0) is 35.7 Å². The molecule has 2 aromatic rings. The Kier molecular flexibility index (Phi) is 4.54. The van der Waals surface area contributed by atoms with Crippen molar-refractivity contribution in [2.24, 2.45) is 0 Å². The monoisotopic (exact) mass is 327 g/mol. The number of benzene rings is 2. The molecular formula is C15H15ClFNO2S. The number of anilines is 1. The van der Waals surface area contributed by atoms with Gasteiger partial charge in [0, 0.05) is 0 Å². The number of hydrogen-bond donors (Lipinski definition) is 1. The number of para-hydroxylation sites is 1. The van der Waals surface area contributed by atoms with Crippen LogP contribution in [0.15, 0.2) is 47.4 Å². The molecular weight excluding hydrogens is 313 g/mol. The lowest BCUT2D eigenvalue weighted by Gasteiger charge is -2.15. The summed E-state index contributed by atoms with van der Waals surface area (Å²) in [5.74, 6) is -0.487. The van der Waals surface area contributed by atoms with Crippen LogP contribution in [0.3, 0.4) is 0 Å². The predicted molar refractivity (Wildman–Crippen MR) is 82.7 cm³/mol. The summed E-state index contributed by atoms with van der Waals surface area (Å²) in [5, 5.41) is -0.227. The van der Waals surface area contributed by atoms with E-state index in [2.05, 4.69) is 4.72 Å². The van der Waals surface area contributed by atoms with Crippen LogP contribution >= 0.6 is 11.6 Å². The summed E-state index contributed by atoms with van der Waals surface area (Å²) in [6.45, 7) is 3.95. The van der Waals surface area contributed by atoms with Crippen molar-refractivity contribution >= 4 is 27.3 Å². The first kappa shape index (κ1) is 15.8. The first-order valence-electron chi connectivity index (χ1n) is 6.38. The molecule has 3 nitrogen and oxygen atoms in total. The number of sulfonamides is 1. The molecule has 0 radical (unpaired) electrons. The van der Waals surface area contributed by atoms with Crippen LogP contribution in [-0.4, -0.2) is 8.42 Å². The van der Waals surface area contributed by atoms with Crippen LogP contribution in [0.4, 0.5) is 10.1 Å². The van der Waals surface area contributed by atoms with Crippen molar-refractivity contribution in [1.82, 2.24) is 0 Å². The molecule has 2 rings (SSSR count). The molecule has 0 aliphatic rings. The Bertz CT molecular complexity index is 760. The second kappa shape index (κ2) is 6.03. The molecule has 0 bridgehead atoms. The van der Waals surface area contributed by atoms with Gasteiger partial charge in [0.1, 0.15) is 5.82 Å². The van der Waals surface area contributed by atoms with E-state index < -0.39 is 15.8 Å². The van der Waals surface area contributed by atoms with Crippen molar-refractivity contribution in [2.75, 3.05) is 4.72 Å². The van der Waals surface area contributed by atoms with Crippen molar-refractivity contribution in [2.45, 2.75) is 24.7 Å². The summed E-state index contributed by atoms with van der Waals surface area (Å²) in [4.78, 5) is -0.0764. The van der Waals surface area contributed by atoms with E-state index in [1.165, 1.54) is 6.07 Å². The van der Waals surface area contributed by atoms with Gasteiger partial charge in [0.05, 0.1) is 15.6 Å². The van der Waals surface area contributed by atoms with Crippen molar-refractivity contribution in [1.29, 1.82) is 0 Å². The van der Waals surface area contributed by atoms with Gasteiger partial charge in [0.2, 0.25) is 0 Å². The third kappa shape index (κ3) is 3.54. The molecule has 0 aromatic heterocycles. The summed E-state index contributed by atoms with van der Waals surface area (Å²) in [6, 6.07) is 10.5. The number of halogens is 2. The maximum Gasteiger partial charge on any atom is 0.261 e. The van der Waals surface area contributed by atoms with Crippen LogP contribution in [0.25, 0.3) is 0 Å². The van der Waals surface area contributed by atoms with E-state index in [0.717, 1.165) is 17.7 Å². The quantitative estimate of drug-likeness (QED) is 0.904. The van der Waals surface area contributed by atoms with Gasteiger partial charge in [-0.3, -0.25) is 4.72 Å². The first-order chi connectivity index (χ1) is 9.81. The van der Waals surface area contributed by atoms with E-state index >= 15 is 0 Å². The Labute approximate surface area is 128 Å². The van der Waals surface area contributed by atoms with Gasteiger partial charge in [-0.15, -0.1) is 0 Å². The third-order valence-corrected chi connectivity index (χ3v) is 4.68. The van der Waals surface area contributed by atoms with Gasteiger partial charge in [0.25, 0.3) is 10.0 Å². The minimum atomic E-state index is -3.81. The maximum atomic E-state index is 13.1. The van der Waals surface area contributed by atoms with Gasteiger partial charge in [0.15, 0.2) is 0 Å². The summed E-state index contributed by atoms with van der Waals surface area (Å²) >= 11 is 5.64. The highest BCUT2D eigenvalue weighted by Gasteiger charge is 2.18. The largest absolute Gasteiger partial charge is 0.279 e. The zero-order chi connectivity index (χ0) is 15.6. The van der Waals surface area contributed by atoms with E-state index in [-0.39, 0.29) is 15.8 Å². The topological polar surface area (TPSA) is 46.2 Å². The summed E-state index contributed by atoms with van der Waals surface area (Å²) in [5.41, 5.74) is 1.39. The third-order valence-electron chi connectivity index (χ3n) is 3.03. The van der Waals surface area contributed by atoms with Gasteiger partial charge >= 0.3 is 0 Å². The lowest BCUT2D eigenvalue weighted by atomic mass is 10.0. The average Bonchev–Trinajstić information content (AvgIpc) is 2.41. The fourth-order valence-electron chi connectivity index (χ4n) is 1.94. The molecule has 0 aliphatic carbocycles. The summed E-state index contributed by atoms with van der Waals surface area (Å²) in [6.07, 6.45) is 0. The van der Waals surface area contributed by atoms with E-state index in [1.807, 2.05) is 26.0 Å². The molecule has 0 heterocycles. The van der Waals surface area contributed by atoms with Crippen LogP contribution in [0.2, 0.25) is 5.02 Å². The minimum absolute atomic E-state index is 0.0764. The normalized spacial score (nSPS) is 11.7. The van der Waals surface area contributed by atoms with Crippen LogP contribution in [0.1, 0.15) is 25.3 Å². The van der Waals surface area contributed by atoms with Gasteiger partial charge in [-0.25, -0.2) is 12.8 Å². The van der Waals surface area contributed by atoms with Crippen LogP contribution in [-0.2, 0) is 10.0 Å². The molecule has 2 aromatic carbocycles. The molecule has 112 valence electrons. The van der Waals surface area contributed by atoms with E-state index in [0.29, 0.717) is 5.69 Å². The minimum Gasteiger partial charge on any atom is -0.279 e. The van der Waals surface area contributed by atoms with Crippen molar-refractivity contribution < 1.29 is 12.8 Å². The van der Waals surface area contributed by atoms with Crippen LogP contribution in [0, 0.1) is 5.82 Å². The Morgan fingerprint density at radius 1 is 1.14 bits per heavy atom. The van der Waals surface area contributed by atoms with E-state index in [9.17, 15) is 12.8 Å². The molecule has 0 unspecified atom stereocenters. The van der Waals surface area contributed by atoms with Crippen LogP contribution in [0.5, 0.6) is 0 Å². The van der Waals surface area contributed by atoms with Crippen LogP contribution < -0.4 is 4.72 Å². The lowest BCUT2D eigenvalue weighted by Crippen LogP contribution is -2.14.